The molecule has 1 aliphatic rings. The van der Waals surface area contributed by atoms with Crippen molar-refractivity contribution in [2.75, 3.05) is 12.4 Å². The smallest absolute Gasteiger partial charge is 0.231 e. The van der Waals surface area contributed by atoms with Gasteiger partial charge in [-0.05, 0) is 25.8 Å². The van der Waals surface area contributed by atoms with E-state index in [0.29, 0.717) is 18.0 Å². The highest BCUT2D eigenvalue weighted by Gasteiger charge is 2.39. The largest absolute Gasteiger partial charge is 0.338 e. The molecule has 5 nitrogen and oxygen atoms in total. The summed E-state index contributed by atoms with van der Waals surface area (Å²) in [6, 6.07) is 9.50. The van der Waals surface area contributed by atoms with Gasteiger partial charge in [0.25, 0.3) is 0 Å². The van der Waals surface area contributed by atoms with Gasteiger partial charge in [-0.15, -0.1) is 11.3 Å². The van der Waals surface area contributed by atoms with E-state index in [9.17, 15) is 9.59 Å². The van der Waals surface area contributed by atoms with Crippen molar-refractivity contribution in [1.29, 1.82) is 0 Å². The molecule has 0 radical (unpaired) electrons. The molecule has 2 aromatic rings. The number of likely N-dealkylation sites (tertiary alicyclic amines) is 1. The lowest BCUT2D eigenvalue weighted by atomic mass is 9.84. The van der Waals surface area contributed by atoms with Crippen LogP contribution in [0.25, 0.3) is 0 Å². The summed E-state index contributed by atoms with van der Waals surface area (Å²) in [5, 5.41) is 3.57. The molecule has 3 rings (SSSR count). The lowest BCUT2D eigenvalue weighted by Crippen LogP contribution is -2.44. The molecule has 6 heteroatoms. The number of rotatable bonds is 3. The number of hydrogen-bond acceptors (Lipinski definition) is 4. The lowest BCUT2D eigenvalue weighted by Gasteiger charge is -2.38. The van der Waals surface area contributed by atoms with Gasteiger partial charge >= 0.3 is 0 Å². The van der Waals surface area contributed by atoms with E-state index in [1.807, 2.05) is 44.2 Å². The fourth-order valence-corrected chi connectivity index (χ4v) is 3.96. The van der Waals surface area contributed by atoms with Gasteiger partial charge in [-0.3, -0.25) is 9.59 Å². The van der Waals surface area contributed by atoms with Gasteiger partial charge in [-0.25, -0.2) is 4.98 Å². The first-order chi connectivity index (χ1) is 11.5. The maximum atomic E-state index is 12.8. The minimum Gasteiger partial charge on any atom is -0.338 e. The van der Waals surface area contributed by atoms with Gasteiger partial charge in [-0.2, -0.15) is 0 Å². The van der Waals surface area contributed by atoms with Crippen LogP contribution >= 0.6 is 11.3 Å². The predicted molar refractivity (Wildman–Crippen MR) is 94.9 cm³/mol. The van der Waals surface area contributed by atoms with E-state index < -0.39 is 0 Å². The number of aromatic nitrogens is 1. The van der Waals surface area contributed by atoms with Gasteiger partial charge in [0.2, 0.25) is 11.8 Å². The molecule has 126 valence electrons. The van der Waals surface area contributed by atoms with Crippen LogP contribution in [0.4, 0.5) is 5.13 Å². The number of benzene rings is 1. The van der Waals surface area contributed by atoms with Gasteiger partial charge in [0.1, 0.15) is 0 Å². The van der Waals surface area contributed by atoms with Crippen molar-refractivity contribution in [2.24, 2.45) is 5.92 Å². The first-order valence-electron chi connectivity index (χ1n) is 8.03. The number of nitrogens with zero attached hydrogens (tertiary/aromatic N) is 2. The molecule has 1 aliphatic heterocycles. The summed E-state index contributed by atoms with van der Waals surface area (Å²) in [5.41, 5.74) is 1.92. The Morgan fingerprint density at radius 3 is 2.62 bits per heavy atom. The van der Waals surface area contributed by atoms with Crippen LogP contribution in [0, 0.1) is 19.8 Å². The topological polar surface area (TPSA) is 62.3 Å². The van der Waals surface area contributed by atoms with Crippen molar-refractivity contribution in [3.63, 3.8) is 0 Å². The molecule has 1 saturated heterocycles. The summed E-state index contributed by atoms with van der Waals surface area (Å²) >= 11 is 1.48. The van der Waals surface area contributed by atoms with Crippen LogP contribution < -0.4 is 5.32 Å². The maximum absolute atomic E-state index is 12.8. The highest BCUT2D eigenvalue weighted by atomic mass is 32.1. The van der Waals surface area contributed by atoms with Crippen LogP contribution in [-0.2, 0) is 9.59 Å². The third kappa shape index (κ3) is 3.19. The number of thiazole rings is 1. The van der Waals surface area contributed by atoms with E-state index in [4.69, 9.17) is 0 Å². The second-order valence-corrected chi connectivity index (χ2v) is 7.36. The van der Waals surface area contributed by atoms with Gasteiger partial charge in [-0.1, -0.05) is 30.3 Å². The van der Waals surface area contributed by atoms with Crippen molar-refractivity contribution < 1.29 is 9.59 Å². The van der Waals surface area contributed by atoms with Crippen LogP contribution in [0.15, 0.2) is 30.3 Å². The van der Waals surface area contributed by atoms with Crippen LogP contribution in [0.1, 0.15) is 35.0 Å². The third-order valence-electron chi connectivity index (χ3n) is 4.60. The molecular weight excluding hydrogens is 322 g/mol. The first kappa shape index (κ1) is 16.6. The standard InChI is InChI=1S/C18H21N3O2S/c1-11-12(2)24-18(19-11)20-17(23)14-9-10-15(22)21(3)16(14)13-7-5-4-6-8-13/h4-8,14,16H,9-10H2,1-3H3,(H,19,20,23). The second kappa shape index (κ2) is 6.73. The van der Waals surface area contributed by atoms with Crippen molar-refractivity contribution >= 4 is 28.3 Å². The second-order valence-electron chi connectivity index (χ2n) is 6.16. The number of hydrogen-bond donors (Lipinski definition) is 1. The summed E-state index contributed by atoms with van der Waals surface area (Å²) < 4.78 is 0. The van der Waals surface area contributed by atoms with Crippen LogP contribution in [0.3, 0.4) is 0 Å². The van der Waals surface area contributed by atoms with Crippen molar-refractivity contribution in [1.82, 2.24) is 9.88 Å². The quantitative estimate of drug-likeness (QED) is 0.930. The van der Waals surface area contributed by atoms with Crippen molar-refractivity contribution in [3.05, 3.63) is 46.5 Å². The Bertz CT molecular complexity index is 737. The average molecular weight is 343 g/mol. The van der Waals surface area contributed by atoms with Gasteiger partial charge in [0.15, 0.2) is 5.13 Å². The lowest BCUT2D eigenvalue weighted by molar-refractivity contribution is -0.140. The monoisotopic (exact) mass is 343 g/mol. The number of carbonyl (C=O) groups is 2. The molecular formula is C18H21N3O2S. The Morgan fingerprint density at radius 1 is 1.29 bits per heavy atom. The number of piperidine rings is 1. The van der Waals surface area contributed by atoms with E-state index in [1.54, 1.807) is 11.9 Å². The Hall–Kier alpha value is -2.21. The molecule has 2 amide bonds. The summed E-state index contributed by atoms with van der Waals surface area (Å²) in [7, 11) is 1.77. The summed E-state index contributed by atoms with van der Waals surface area (Å²) in [6.07, 6.45) is 0.950. The summed E-state index contributed by atoms with van der Waals surface area (Å²) in [6.45, 7) is 3.92. The minimum absolute atomic E-state index is 0.0723. The highest BCUT2D eigenvalue weighted by molar-refractivity contribution is 7.15. The highest BCUT2D eigenvalue weighted by Crippen LogP contribution is 2.36. The number of aryl methyl sites for hydroxylation is 2. The third-order valence-corrected chi connectivity index (χ3v) is 5.59. The van der Waals surface area contributed by atoms with Gasteiger partial charge in [0, 0.05) is 18.3 Å². The van der Waals surface area contributed by atoms with E-state index in [0.717, 1.165) is 16.1 Å². The van der Waals surface area contributed by atoms with E-state index in [2.05, 4.69) is 10.3 Å². The Balaban J connectivity index is 1.86. The van der Waals surface area contributed by atoms with Crippen LogP contribution in [0.5, 0.6) is 0 Å². The Labute approximate surface area is 145 Å². The van der Waals surface area contributed by atoms with Crippen molar-refractivity contribution in [2.45, 2.75) is 32.7 Å². The molecule has 1 N–H and O–H groups in total. The minimum atomic E-state index is -0.278. The fourth-order valence-electron chi connectivity index (χ4n) is 3.14. The summed E-state index contributed by atoms with van der Waals surface area (Å²) in [4.78, 5) is 32.2. The van der Waals surface area contributed by atoms with E-state index >= 15 is 0 Å². The Kier molecular flexibility index (Phi) is 4.66. The number of nitrogens with one attached hydrogen (secondary N) is 1. The fraction of sp³-hybridized carbons (Fsp3) is 0.389. The predicted octanol–water partition coefficient (Wildman–Crippen LogP) is 3.31. The molecule has 2 atom stereocenters. The zero-order chi connectivity index (χ0) is 17.3. The van der Waals surface area contributed by atoms with Crippen molar-refractivity contribution in [3.8, 4) is 0 Å². The van der Waals surface area contributed by atoms with Gasteiger partial charge < -0.3 is 10.2 Å². The number of anilines is 1. The maximum Gasteiger partial charge on any atom is 0.231 e. The normalized spacial score (nSPS) is 21.0. The van der Waals surface area contributed by atoms with Crippen LogP contribution in [0.2, 0.25) is 0 Å². The number of amides is 2. The Morgan fingerprint density at radius 2 is 2.00 bits per heavy atom. The molecule has 24 heavy (non-hydrogen) atoms. The SMILES string of the molecule is Cc1nc(NC(=O)C2CCC(=O)N(C)C2c2ccccc2)sc1C. The number of carbonyl (C=O) groups excluding carboxylic acids is 2. The average Bonchev–Trinajstić information content (AvgIpc) is 2.88. The molecule has 0 aliphatic carbocycles. The molecule has 1 fully saturated rings. The molecule has 0 saturated carbocycles. The molecule has 0 bridgehead atoms. The van der Waals surface area contributed by atoms with Crippen LogP contribution in [-0.4, -0.2) is 28.7 Å². The van der Waals surface area contributed by atoms with E-state index in [-0.39, 0.29) is 23.8 Å². The zero-order valence-electron chi connectivity index (χ0n) is 14.1. The first-order valence-corrected chi connectivity index (χ1v) is 8.84. The zero-order valence-corrected chi connectivity index (χ0v) is 14.9. The summed E-state index contributed by atoms with van der Waals surface area (Å²) in [5.74, 6) is -0.273. The molecule has 1 aromatic heterocycles. The van der Waals surface area contributed by atoms with Gasteiger partial charge in [0.05, 0.1) is 17.7 Å². The molecule has 2 heterocycles. The molecule has 1 aromatic carbocycles. The van der Waals surface area contributed by atoms with E-state index in [1.165, 1.54) is 11.3 Å². The molecule has 2 unspecified atom stereocenters. The molecule has 0 spiro atoms.